The Labute approximate surface area is 173 Å². The summed E-state index contributed by atoms with van der Waals surface area (Å²) in [5.74, 6) is 0.739. The average molecular weight is 425 g/mol. The van der Waals surface area contributed by atoms with Crippen LogP contribution in [0.2, 0.25) is 5.02 Å². The normalized spacial score (nSPS) is 11.6. The van der Waals surface area contributed by atoms with Crippen LogP contribution in [-0.2, 0) is 29.3 Å². The molecule has 154 valence electrons. The number of halogens is 1. The molecule has 2 aromatic carbocycles. The molecule has 4 nitrogen and oxygen atoms in total. The first-order valence-electron chi connectivity index (χ1n) is 9.57. The molecule has 0 aliphatic heterocycles. The summed E-state index contributed by atoms with van der Waals surface area (Å²) in [6.45, 7) is 6.45. The molecule has 0 aromatic heterocycles. The number of aliphatic hydroxyl groups is 1. The molecule has 0 aliphatic rings. The van der Waals surface area contributed by atoms with Crippen LogP contribution in [0.1, 0.15) is 42.5 Å². The highest BCUT2D eigenvalue weighted by Crippen LogP contribution is 2.43. The fraction of sp³-hybridized carbons (Fsp3) is 0.455. The van der Waals surface area contributed by atoms with E-state index >= 15 is 0 Å². The van der Waals surface area contributed by atoms with E-state index in [1.807, 2.05) is 31.2 Å². The molecule has 1 N–H and O–H groups in total. The molecular formula is C22H29ClO4S. The van der Waals surface area contributed by atoms with E-state index in [0.717, 1.165) is 46.2 Å². The maximum absolute atomic E-state index is 11.3. The van der Waals surface area contributed by atoms with Crippen molar-refractivity contribution in [2.45, 2.75) is 46.6 Å². The van der Waals surface area contributed by atoms with Gasteiger partial charge in [-0.15, -0.1) is 0 Å². The van der Waals surface area contributed by atoms with Gasteiger partial charge in [-0.3, -0.25) is 0 Å². The minimum absolute atomic E-state index is 0.00893. The van der Waals surface area contributed by atoms with Gasteiger partial charge in [-0.05, 0) is 65.6 Å². The van der Waals surface area contributed by atoms with Crippen LogP contribution in [0.3, 0.4) is 0 Å². The lowest BCUT2D eigenvalue weighted by molar-refractivity contribution is 0.282. The Morgan fingerprint density at radius 3 is 2.39 bits per heavy atom. The molecule has 0 saturated carbocycles. The summed E-state index contributed by atoms with van der Waals surface area (Å²) >= 11 is 6.75. The third-order valence-electron chi connectivity index (χ3n) is 4.87. The summed E-state index contributed by atoms with van der Waals surface area (Å²) in [7, 11) is -3.01. The summed E-state index contributed by atoms with van der Waals surface area (Å²) in [4.78, 5) is 0. The summed E-state index contributed by atoms with van der Waals surface area (Å²) < 4.78 is 28.6. The standard InChI is InChI=1S/C22H29ClO4S/c1-5-18-15(3)22(27-11-8-12-28(4,25)26)21(23)19(6-2)20(18)17-10-7-9-16(13-17)14-24/h7,9-10,13,24H,5-6,8,11-12,14H2,1-4H3. The number of sulfone groups is 1. The maximum Gasteiger partial charge on any atom is 0.147 e. The van der Waals surface area contributed by atoms with Crippen LogP contribution in [0, 0.1) is 6.92 Å². The zero-order valence-electron chi connectivity index (χ0n) is 17.0. The van der Waals surface area contributed by atoms with E-state index in [2.05, 4.69) is 13.8 Å². The number of aliphatic hydroxyl groups excluding tert-OH is 1. The zero-order chi connectivity index (χ0) is 20.9. The van der Waals surface area contributed by atoms with Crippen LogP contribution < -0.4 is 4.74 Å². The first-order chi connectivity index (χ1) is 13.2. The minimum Gasteiger partial charge on any atom is -0.492 e. The second-order valence-electron chi connectivity index (χ2n) is 7.00. The third kappa shape index (κ3) is 5.28. The monoisotopic (exact) mass is 424 g/mol. The van der Waals surface area contributed by atoms with Gasteiger partial charge < -0.3 is 9.84 Å². The SMILES string of the molecule is CCc1c(C)c(OCCCS(C)(=O)=O)c(Cl)c(CC)c1-c1cccc(CO)c1. The van der Waals surface area contributed by atoms with Crippen LogP contribution in [0.4, 0.5) is 0 Å². The molecular weight excluding hydrogens is 396 g/mol. The molecule has 0 saturated heterocycles. The van der Waals surface area contributed by atoms with Crippen molar-refractivity contribution < 1.29 is 18.3 Å². The lowest BCUT2D eigenvalue weighted by atomic mass is 9.87. The van der Waals surface area contributed by atoms with Crippen molar-refractivity contribution in [3.05, 3.63) is 51.5 Å². The van der Waals surface area contributed by atoms with E-state index in [4.69, 9.17) is 16.3 Å². The molecule has 0 atom stereocenters. The molecule has 2 rings (SSSR count). The molecule has 0 aliphatic carbocycles. The van der Waals surface area contributed by atoms with Crippen molar-refractivity contribution in [1.29, 1.82) is 0 Å². The second-order valence-corrected chi connectivity index (χ2v) is 9.64. The molecule has 0 heterocycles. The molecule has 0 bridgehead atoms. The predicted octanol–water partition coefficient (Wildman–Crippen LogP) is 4.75. The number of hydrogen-bond acceptors (Lipinski definition) is 4. The second kappa shape index (κ2) is 9.77. The van der Waals surface area contributed by atoms with Crippen molar-refractivity contribution >= 4 is 21.4 Å². The fourth-order valence-electron chi connectivity index (χ4n) is 3.53. The van der Waals surface area contributed by atoms with Crippen molar-refractivity contribution in [2.75, 3.05) is 18.6 Å². The van der Waals surface area contributed by atoms with Crippen LogP contribution >= 0.6 is 11.6 Å². The predicted molar refractivity (Wildman–Crippen MR) is 116 cm³/mol. The third-order valence-corrected chi connectivity index (χ3v) is 6.30. The van der Waals surface area contributed by atoms with Gasteiger partial charge in [-0.1, -0.05) is 43.6 Å². The van der Waals surface area contributed by atoms with Gasteiger partial charge in [0.05, 0.1) is 24.0 Å². The summed E-state index contributed by atoms with van der Waals surface area (Å²) in [5.41, 5.74) is 6.15. The first-order valence-corrected chi connectivity index (χ1v) is 12.0. The van der Waals surface area contributed by atoms with Crippen LogP contribution in [0.15, 0.2) is 24.3 Å². The molecule has 0 radical (unpaired) electrons. The molecule has 6 heteroatoms. The van der Waals surface area contributed by atoms with Gasteiger partial charge in [0.15, 0.2) is 0 Å². The lowest BCUT2D eigenvalue weighted by Crippen LogP contribution is -2.10. The van der Waals surface area contributed by atoms with E-state index in [9.17, 15) is 13.5 Å². The maximum atomic E-state index is 11.3. The highest BCUT2D eigenvalue weighted by molar-refractivity contribution is 7.90. The van der Waals surface area contributed by atoms with Gasteiger partial charge in [-0.25, -0.2) is 8.42 Å². The Morgan fingerprint density at radius 2 is 1.82 bits per heavy atom. The van der Waals surface area contributed by atoms with Crippen molar-refractivity contribution in [3.63, 3.8) is 0 Å². The van der Waals surface area contributed by atoms with Crippen LogP contribution in [-0.4, -0.2) is 32.1 Å². The first kappa shape index (κ1) is 22.7. The Kier molecular flexibility index (Phi) is 7.93. The Bertz CT molecular complexity index is 905. The molecule has 28 heavy (non-hydrogen) atoms. The topological polar surface area (TPSA) is 63.6 Å². The quantitative estimate of drug-likeness (QED) is 0.590. The lowest BCUT2D eigenvalue weighted by Gasteiger charge is -2.22. The Balaban J connectivity index is 2.51. The molecule has 0 fully saturated rings. The average Bonchev–Trinajstić information content (AvgIpc) is 2.66. The van der Waals surface area contributed by atoms with E-state index in [1.165, 1.54) is 6.26 Å². The fourth-order valence-corrected chi connectivity index (χ4v) is 4.60. The van der Waals surface area contributed by atoms with Gasteiger partial charge in [0.25, 0.3) is 0 Å². The van der Waals surface area contributed by atoms with E-state index in [1.54, 1.807) is 0 Å². The Morgan fingerprint density at radius 1 is 1.14 bits per heavy atom. The molecule has 0 spiro atoms. The minimum atomic E-state index is -3.01. The molecule has 2 aromatic rings. The number of benzene rings is 2. The Hall–Kier alpha value is -1.56. The summed E-state index contributed by atoms with van der Waals surface area (Å²) in [6, 6.07) is 7.87. The zero-order valence-corrected chi connectivity index (χ0v) is 18.6. The largest absolute Gasteiger partial charge is 0.492 e. The van der Waals surface area contributed by atoms with E-state index in [0.29, 0.717) is 23.8 Å². The van der Waals surface area contributed by atoms with Gasteiger partial charge in [0.2, 0.25) is 0 Å². The molecule has 0 unspecified atom stereocenters. The molecule has 0 amide bonds. The highest BCUT2D eigenvalue weighted by atomic mass is 35.5. The van der Waals surface area contributed by atoms with E-state index in [-0.39, 0.29) is 12.4 Å². The van der Waals surface area contributed by atoms with Crippen molar-refractivity contribution in [3.8, 4) is 16.9 Å². The van der Waals surface area contributed by atoms with Gasteiger partial charge in [0.1, 0.15) is 15.6 Å². The van der Waals surface area contributed by atoms with Gasteiger partial charge in [0, 0.05) is 6.26 Å². The summed E-state index contributed by atoms with van der Waals surface area (Å²) in [6.07, 6.45) is 3.21. The number of hydrogen-bond donors (Lipinski definition) is 1. The van der Waals surface area contributed by atoms with Crippen LogP contribution in [0.5, 0.6) is 5.75 Å². The number of rotatable bonds is 9. The van der Waals surface area contributed by atoms with E-state index < -0.39 is 9.84 Å². The highest BCUT2D eigenvalue weighted by Gasteiger charge is 2.21. The van der Waals surface area contributed by atoms with Gasteiger partial charge >= 0.3 is 0 Å². The smallest absolute Gasteiger partial charge is 0.147 e. The van der Waals surface area contributed by atoms with Crippen LogP contribution in [0.25, 0.3) is 11.1 Å². The summed E-state index contributed by atoms with van der Waals surface area (Å²) in [5, 5.41) is 10.1. The van der Waals surface area contributed by atoms with Gasteiger partial charge in [-0.2, -0.15) is 0 Å². The van der Waals surface area contributed by atoms with Crippen molar-refractivity contribution in [2.24, 2.45) is 0 Å². The number of ether oxygens (including phenoxy) is 1. The van der Waals surface area contributed by atoms with Crippen molar-refractivity contribution in [1.82, 2.24) is 0 Å².